The van der Waals surface area contributed by atoms with E-state index in [-0.39, 0.29) is 11.4 Å². The minimum absolute atomic E-state index is 0.113. The zero-order chi connectivity index (χ0) is 14.8. The van der Waals surface area contributed by atoms with Crippen LogP contribution in [0.4, 0.5) is 10.1 Å². The number of benzene rings is 2. The van der Waals surface area contributed by atoms with E-state index in [1.165, 1.54) is 12.1 Å². The van der Waals surface area contributed by atoms with Crippen LogP contribution in [0.5, 0.6) is 0 Å². The number of anilines is 1. The predicted octanol–water partition coefficient (Wildman–Crippen LogP) is 3.88. The molecule has 1 aromatic heterocycles. The van der Waals surface area contributed by atoms with Crippen LogP contribution in [0.3, 0.4) is 0 Å². The van der Waals surface area contributed by atoms with Crippen LogP contribution < -0.4 is 10.9 Å². The summed E-state index contributed by atoms with van der Waals surface area (Å²) in [6.45, 7) is 0.391. The third-order valence-corrected chi connectivity index (χ3v) is 4.12. The number of nitrogens with one attached hydrogen (secondary N) is 2. The summed E-state index contributed by atoms with van der Waals surface area (Å²) < 4.78 is 13.8. The highest BCUT2D eigenvalue weighted by atomic mass is 127. The van der Waals surface area contributed by atoms with E-state index in [4.69, 9.17) is 0 Å². The van der Waals surface area contributed by atoms with E-state index in [0.717, 1.165) is 20.2 Å². The average Bonchev–Trinajstić information content (AvgIpc) is 2.46. The van der Waals surface area contributed by atoms with E-state index >= 15 is 0 Å². The van der Waals surface area contributed by atoms with Gasteiger partial charge in [0.05, 0.1) is 0 Å². The van der Waals surface area contributed by atoms with Crippen molar-refractivity contribution < 1.29 is 4.39 Å². The van der Waals surface area contributed by atoms with E-state index < -0.39 is 0 Å². The van der Waals surface area contributed by atoms with Gasteiger partial charge in [-0.2, -0.15) is 0 Å². The maximum absolute atomic E-state index is 13.1. The maximum Gasteiger partial charge on any atom is 0.253 e. The first-order valence-corrected chi connectivity index (χ1v) is 7.51. The molecule has 21 heavy (non-hydrogen) atoms. The molecule has 3 rings (SSSR count). The van der Waals surface area contributed by atoms with Crippen molar-refractivity contribution in [3.63, 3.8) is 0 Å². The molecule has 3 aromatic rings. The molecule has 0 unspecified atom stereocenters. The Kier molecular flexibility index (Phi) is 3.92. The summed E-state index contributed by atoms with van der Waals surface area (Å²) in [6, 6.07) is 14.0. The lowest BCUT2D eigenvalue weighted by atomic mass is 10.1. The molecule has 0 aliphatic heterocycles. The molecule has 0 bridgehead atoms. The minimum atomic E-state index is -0.270. The van der Waals surface area contributed by atoms with Gasteiger partial charge in [-0.25, -0.2) is 4.39 Å². The summed E-state index contributed by atoms with van der Waals surface area (Å²) in [5.41, 5.74) is 2.17. The second-order valence-corrected chi connectivity index (χ2v) is 5.85. The Morgan fingerprint density at radius 2 is 1.95 bits per heavy atom. The monoisotopic (exact) mass is 394 g/mol. The van der Waals surface area contributed by atoms with Crippen LogP contribution in [0.1, 0.15) is 5.56 Å². The summed E-state index contributed by atoms with van der Waals surface area (Å²) in [7, 11) is 0. The third kappa shape index (κ3) is 3.07. The van der Waals surface area contributed by atoms with Gasteiger partial charge in [-0.3, -0.25) is 4.79 Å². The Morgan fingerprint density at radius 3 is 2.76 bits per heavy atom. The largest absolute Gasteiger partial charge is 0.380 e. The van der Waals surface area contributed by atoms with Crippen LogP contribution in [-0.2, 0) is 6.54 Å². The Balaban J connectivity index is 1.88. The number of para-hydroxylation sites is 1. The first-order valence-electron chi connectivity index (χ1n) is 6.43. The summed E-state index contributed by atoms with van der Waals surface area (Å²) in [4.78, 5) is 14.9. The van der Waals surface area contributed by atoms with Crippen molar-refractivity contribution in [3.05, 3.63) is 73.8 Å². The molecular formula is C16H12FIN2O. The number of aromatic amines is 1. The number of pyridine rings is 1. The van der Waals surface area contributed by atoms with Crippen LogP contribution in [0.15, 0.2) is 53.3 Å². The fourth-order valence-electron chi connectivity index (χ4n) is 2.15. The zero-order valence-electron chi connectivity index (χ0n) is 11.0. The van der Waals surface area contributed by atoms with E-state index in [1.54, 1.807) is 6.07 Å². The van der Waals surface area contributed by atoms with Crippen LogP contribution in [0.25, 0.3) is 10.9 Å². The van der Waals surface area contributed by atoms with E-state index in [9.17, 15) is 9.18 Å². The molecule has 0 fully saturated rings. The zero-order valence-corrected chi connectivity index (χ0v) is 13.1. The van der Waals surface area contributed by atoms with Gasteiger partial charge < -0.3 is 10.3 Å². The molecule has 0 radical (unpaired) electrons. The highest BCUT2D eigenvalue weighted by Crippen LogP contribution is 2.19. The minimum Gasteiger partial charge on any atom is -0.380 e. The second-order valence-electron chi connectivity index (χ2n) is 4.69. The van der Waals surface area contributed by atoms with Crippen LogP contribution in [0, 0.1) is 9.39 Å². The summed E-state index contributed by atoms with van der Waals surface area (Å²) >= 11 is 2.06. The molecule has 0 saturated carbocycles. The molecule has 0 aliphatic carbocycles. The van der Waals surface area contributed by atoms with E-state index in [2.05, 4.69) is 32.9 Å². The molecule has 0 amide bonds. The van der Waals surface area contributed by atoms with Crippen molar-refractivity contribution >= 4 is 39.2 Å². The SMILES string of the molecule is O=c1[nH]c2ccccc2cc1CNc1ccc(F)cc1I. The highest BCUT2D eigenvalue weighted by Gasteiger charge is 2.05. The molecule has 1 heterocycles. The van der Waals surface area contributed by atoms with E-state index in [1.807, 2.05) is 30.3 Å². The number of H-pyrrole nitrogens is 1. The van der Waals surface area contributed by atoms with Crippen molar-refractivity contribution in [2.75, 3.05) is 5.32 Å². The number of aromatic nitrogens is 1. The standard InChI is InChI=1S/C16H12FIN2O/c17-12-5-6-15(13(18)8-12)19-9-11-7-10-3-1-2-4-14(10)20-16(11)21/h1-8,19H,9H2,(H,20,21). The molecule has 0 atom stereocenters. The van der Waals surface area contributed by atoms with Gasteiger partial charge in [0, 0.05) is 26.9 Å². The molecule has 106 valence electrons. The van der Waals surface area contributed by atoms with Gasteiger partial charge in [-0.15, -0.1) is 0 Å². The molecule has 0 aliphatic rings. The number of halogens is 2. The normalized spacial score (nSPS) is 10.8. The van der Waals surface area contributed by atoms with Gasteiger partial charge in [-0.05, 0) is 58.3 Å². The molecule has 2 N–H and O–H groups in total. The van der Waals surface area contributed by atoms with Gasteiger partial charge >= 0.3 is 0 Å². The van der Waals surface area contributed by atoms with Crippen molar-refractivity contribution in [2.24, 2.45) is 0 Å². The summed E-state index contributed by atoms with van der Waals surface area (Å²) in [5, 5.41) is 4.16. The maximum atomic E-state index is 13.1. The molecule has 5 heteroatoms. The van der Waals surface area contributed by atoms with Gasteiger partial charge in [0.1, 0.15) is 5.82 Å². The average molecular weight is 394 g/mol. The molecule has 2 aromatic carbocycles. The van der Waals surface area contributed by atoms with Gasteiger partial charge in [0.15, 0.2) is 0 Å². The van der Waals surface area contributed by atoms with Crippen molar-refractivity contribution in [1.29, 1.82) is 0 Å². The van der Waals surface area contributed by atoms with Crippen LogP contribution in [0.2, 0.25) is 0 Å². The number of hydrogen-bond donors (Lipinski definition) is 2. The number of hydrogen-bond acceptors (Lipinski definition) is 2. The molecule has 0 saturated heterocycles. The topological polar surface area (TPSA) is 44.9 Å². The smallest absolute Gasteiger partial charge is 0.253 e. The Labute approximate surface area is 134 Å². The lowest BCUT2D eigenvalue weighted by Gasteiger charge is -2.09. The van der Waals surface area contributed by atoms with Crippen molar-refractivity contribution in [2.45, 2.75) is 6.54 Å². The lowest BCUT2D eigenvalue weighted by molar-refractivity contribution is 0.627. The fourth-order valence-corrected chi connectivity index (χ4v) is 2.82. The molecule has 3 nitrogen and oxygen atoms in total. The van der Waals surface area contributed by atoms with Crippen molar-refractivity contribution in [3.8, 4) is 0 Å². The Morgan fingerprint density at radius 1 is 1.14 bits per heavy atom. The van der Waals surface area contributed by atoms with Gasteiger partial charge in [0.25, 0.3) is 5.56 Å². The van der Waals surface area contributed by atoms with Crippen LogP contribution in [-0.4, -0.2) is 4.98 Å². The molecule has 0 spiro atoms. The van der Waals surface area contributed by atoms with E-state index in [0.29, 0.717) is 12.1 Å². The molecular weight excluding hydrogens is 382 g/mol. The summed E-state index contributed by atoms with van der Waals surface area (Å²) in [5.74, 6) is -0.270. The highest BCUT2D eigenvalue weighted by molar-refractivity contribution is 14.1. The Bertz CT molecular complexity index is 860. The fraction of sp³-hybridized carbons (Fsp3) is 0.0625. The predicted molar refractivity (Wildman–Crippen MR) is 91.0 cm³/mol. The quantitative estimate of drug-likeness (QED) is 0.663. The number of fused-ring (bicyclic) bond motifs is 1. The summed E-state index contributed by atoms with van der Waals surface area (Å²) in [6.07, 6.45) is 0. The van der Waals surface area contributed by atoms with Gasteiger partial charge in [-0.1, -0.05) is 18.2 Å². The first kappa shape index (κ1) is 14.1. The van der Waals surface area contributed by atoms with Gasteiger partial charge in [0.2, 0.25) is 0 Å². The van der Waals surface area contributed by atoms with Crippen LogP contribution >= 0.6 is 22.6 Å². The first-order chi connectivity index (χ1) is 10.1. The third-order valence-electron chi connectivity index (χ3n) is 3.23. The second kappa shape index (κ2) is 5.85. The Hall–Kier alpha value is -1.89. The lowest BCUT2D eigenvalue weighted by Crippen LogP contribution is -2.15. The number of rotatable bonds is 3. The van der Waals surface area contributed by atoms with Crippen molar-refractivity contribution in [1.82, 2.24) is 4.98 Å².